The molecule has 0 saturated carbocycles. The molecule has 2 rings (SSSR count). The van der Waals surface area contributed by atoms with E-state index in [1.165, 1.54) is 0 Å². The number of amides is 1. The van der Waals surface area contributed by atoms with Gasteiger partial charge in [-0.15, -0.1) is 12.4 Å². The van der Waals surface area contributed by atoms with Gasteiger partial charge in [-0.25, -0.2) is 0 Å². The van der Waals surface area contributed by atoms with Gasteiger partial charge in [0.1, 0.15) is 0 Å². The van der Waals surface area contributed by atoms with Crippen LogP contribution in [-0.4, -0.2) is 44.2 Å². The number of ether oxygens (including phenoxy) is 2. The van der Waals surface area contributed by atoms with Gasteiger partial charge in [-0.1, -0.05) is 6.07 Å². The Morgan fingerprint density at radius 2 is 2.10 bits per heavy atom. The quantitative estimate of drug-likeness (QED) is 0.922. The third-order valence-corrected chi connectivity index (χ3v) is 3.89. The van der Waals surface area contributed by atoms with E-state index in [0.717, 1.165) is 13.0 Å². The van der Waals surface area contributed by atoms with Crippen molar-refractivity contribution in [3.63, 3.8) is 0 Å². The van der Waals surface area contributed by atoms with Crippen LogP contribution in [0.1, 0.15) is 23.7 Å². The molecule has 2 unspecified atom stereocenters. The van der Waals surface area contributed by atoms with Crippen molar-refractivity contribution < 1.29 is 14.3 Å². The summed E-state index contributed by atoms with van der Waals surface area (Å²) >= 11 is 0. The Bertz CT molecular complexity index is 494. The lowest BCUT2D eigenvalue weighted by molar-refractivity contribution is 0.0782. The highest BCUT2D eigenvalue weighted by Gasteiger charge is 2.30. The number of rotatable bonds is 4. The predicted octanol–water partition coefficient (Wildman–Crippen LogP) is 1.93. The van der Waals surface area contributed by atoms with Crippen LogP contribution in [-0.2, 0) is 0 Å². The number of nitrogens with two attached hydrogens (primary N) is 1. The SMILES string of the molecule is COc1cccc(C(=O)N2CCC(C(C)N)C2)c1OC.Cl. The van der Waals surface area contributed by atoms with Gasteiger partial charge in [0.25, 0.3) is 5.91 Å². The molecule has 1 aromatic rings. The minimum absolute atomic E-state index is 0. The summed E-state index contributed by atoms with van der Waals surface area (Å²) in [6.45, 7) is 3.44. The maximum atomic E-state index is 12.6. The van der Waals surface area contributed by atoms with E-state index in [1.807, 2.05) is 11.8 Å². The van der Waals surface area contributed by atoms with Crippen LogP contribution < -0.4 is 15.2 Å². The first-order valence-corrected chi connectivity index (χ1v) is 6.84. The Kier molecular flexibility index (Phi) is 6.30. The number of benzene rings is 1. The van der Waals surface area contributed by atoms with Gasteiger partial charge in [-0.2, -0.15) is 0 Å². The smallest absolute Gasteiger partial charge is 0.257 e. The lowest BCUT2D eigenvalue weighted by Gasteiger charge is -2.20. The van der Waals surface area contributed by atoms with Crippen molar-refractivity contribution in [1.82, 2.24) is 4.90 Å². The number of para-hydroxylation sites is 1. The van der Waals surface area contributed by atoms with Crippen LogP contribution in [0.15, 0.2) is 18.2 Å². The van der Waals surface area contributed by atoms with Gasteiger partial charge in [0, 0.05) is 19.1 Å². The summed E-state index contributed by atoms with van der Waals surface area (Å²) in [7, 11) is 3.11. The van der Waals surface area contributed by atoms with E-state index in [0.29, 0.717) is 29.5 Å². The maximum Gasteiger partial charge on any atom is 0.257 e. The zero-order valence-corrected chi connectivity index (χ0v) is 13.5. The molecular formula is C15H23ClN2O3. The molecule has 1 heterocycles. The van der Waals surface area contributed by atoms with Gasteiger partial charge < -0.3 is 20.1 Å². The molecule has 1 aliphatic rings. The van der Waals surface area contributed by atoms with Crippen LogP contribution in [0.3, 0.4) is 0 Å². The first-order chi connectivity index (χ1) is 9.58. The van der Waals surface area contributed by atoms with E-state index in [2.05, 4.69) is 0 Å². The molecule has 21 heavy (non-hydrogen) atoms. The molecule has 0 spiro atoms. The third kappa shape index (κ3) is 3.60. The lowest BCUT2D eigenvalue weighted by Crippen LogP contribution is -2.33. The van der Waals surface area contributed by atoms with Crippen LogP contribution in [0.4, 0.5) is 0 Å². The second-order valence-electron chi connectivity index (χ2n) is 5.20. The zero-order valence-electron chi connectivity index (χ0n) is 12.7. The Morgan fingerprint density at radius 3 is 2.62 bits per heavy atom. The number of nitrogens with zero attached hydrogens (tertiary/aromatic N) is 1. The maximum absolute atomic E-state index is 12.6. The van der Waals surface area contributed by atoms with Crippen molar-refractivity contribution in [2.24, 2.45) is 11.7 Å². The van der Waals surface area contributed by atoms with Crippen molar-refractivity contribution >= 4 is 18.3 Å². The number of hydrogen-bond donors (Lipinski definition) is 1. The van der Waals surface area contributed by atoms with Crippen LogP contribution in [0.25, 0.3) is 0 Å². The number of halogens is 1. The Labute approximate surface area is 131 Å². The Balaban J connectivity index is 0.00000220. The van der Waals surface area contributed by atoms with Crippen LogP contribution in [0, 0.1) is 5.92 Å². The van der Waals surface area contributed by atoms with Gasteiger partial charge >= 0.3 is 0 Å². The largest absolute Gasteiger partial charge is 0.493 e. The second-order valence-corrected chi connectivity index (χ2v) is 5.20. The molecule has 118 valence electrons. The zero-order chi connectivity index (χ0) is 14.7. The van der Waals surface area contributed by atoms with Gasteiger partial charge in [0.2, 0.25) is 0 Å². The van der Waals surface area contributed by atoms with Crippen LogP contribution in [0.2, 0.25) is 0 Å². The molecule has 1 saturated heterocycles. The molecule has 2 N–H and O–H groups in total. The third-order valence-electron chi connectivity index (χ3n) is 3.89. The average Bonchev–Trinajstić information content (AvgIpc) is 2.95. The van der Waals surface area contributed by atoms with E-state index in [9.17, 15) is 4.79 Å². The molecule has 1 aromatic carbocycles. The molecule has 0 bridgehead atoms. The topological polar surface area (TPSA) is 64.8 Å². The fourth-order valence-electron chi connectivity index (χ4n) is 2.63. The van der Waals surface area contributed by atoms with Gasteiger partial charge in [-0.3, -0.25) is 4.79 Å². The highest BCUT2D eigenvalue weighted by Crippen LogP contribution is 2.32. The second kappa shape index (κ2) is 7.52. The van der Waals surface area contributed by atoms with Crippen LogP contribution in [0.5, 0.6) is 11.5 Å². The number of hydrogen-bond acceptors (Lipinski definition) is 4. The summed E-state index contributed by atoms with van der Waals surface area (Å²) < 4.78 is 10.6. The first-order valence-electron chi connectivity index (χ1n) is 6.84. The van der Waals surface area contributed by atoms with E-state index in [-0.39, 0.29) is 24.4 Å². The summed E-state index contributed by atoms with van der Waals surface area (Å²) in [5, 5.41) is 0. The fraction of sp³-hybridized carbons (Fsp3) is 0.533. The molecule has 6 heteroatoms. The van der Waals surface area contributed by atoms with Crippen molar-refractivity contribution in [2.75, 3.05) is 27.3 Å². The van der Waals surface area contributed by atoms with Crippen molar-refractivity contribution in [1.29, 1.82) is 0 Å². The minimum Gasteiger partial charge on any atom is -0.493 e. The minimum atomic E-state index is -0.0242. The average molecular weight is 315 g/mol. The van der Waals surface area contributed by atoms with Crippen molar-refractivity contribution in [3.8, 4) is 11.5 Å². The van der Waals surface area contributed by atoms with Gasteiger partial charge in [-0.05, 0) is 31.4 Å². The molecule has 1 aliphatic heterocycles. The summed E-state index contributed by atoms with van der Waals surface area (Å²) in [5.74, 6) is 1.41. The van der Waals surface area contributed by atoms with E-state index < -0.39 is 0 Å². The number of carbonyl (C=O) groups excluding carboxylic acids is 1. The molecule has 0 aliphatic carbocycles. The summed E-state index contributed by atoms with van der Waals surface area (Å²) in [5.41, 5.74) is 6.46. The summed E-state index contributed by atoms with van der Waals surface area (Å²) in [6.07, 6.45) is 0.954. The molecule has 1 fully saturated rings. The molecule has 1 amide bonds. The molecular weight excluding hydrogens is 292 g/mol. The molecule has 2 atom stereocenters. The van der Waals surface area contributed by atoms with E-state index in [1.54, 1.807) is 32.4 Å². The lowest BCUT2D eigenvalue weighted by atomic mass is 10.0. The van der Waals surface area contributed by atoms with Gasteiger partial charge in [0.05, 0.1) is 19.8 Å². The standard InChI is InChI=1S/C15H22N2O3.ClH/c1-10(16)11-7-8-17(9-11)15(18)12-5-4-6-13(19-2)14(12)20-3;/h4-6,10-11H,7-9,16H2,1-3H3;1H. The fourth-order valence-corrected chi connectivity index (χ4v) is 2.63. The highest BCUT2D eigenvalue weighted by atomic mass is 35.5. The van der Waals surface area contributed by atoms with Crippen molar-refractivity contribution in [3.05, 3.63) is 23.8 Å². The summed E-state index contributed by atoms with van der Waals surface area (Å²) in [4.78, 5) is 14.5. The monoisotopic (exact) mass is 314 g/mol. The number of likely N-dealkylation sites (tertiary alicyclic amines) is 1. The highest BCUT2D eigenvalue weighted by molar-refractivity contribution is 5.98. The number of carbonyl (C=O) groups is 1. The first kappa shape index (κ1) is 17.6. The molecule has 0 aromatic heterocycles. The van der Waals surface area contributed by atoms with E-state index >= 15 is 0 Å². The molecule has 0 radical (unpaired) electrons. The number of methoxy groups -OCH3 is 2. The predicted molar refractivity (Wildman–Crippen MR) is 84.5 cm³/mol. The summed E-state index contributed by atoms with van der Waals surface area (Å²) in [6, 6.07) is 5.46. The van der Waals surface area contributed by atoms with Crippen molar-refractivity contribution in [2.45, 2.75) is 19.4 Å². The normalized spacial score (nSPS) is 18.9. The van der Waals surface area contributed by atoms with Gasteiger partial charge in [0.15, 0.2) is 11.5 Å². The van der Waals surface area contributed by atoms with E-state index in [4.69, 9.17) is 15.2 Å². The Morgan fingerprint density at radius 1 is 1.38 bits per heavy atom. The molecule has 5 nitrogen and oxygen atoms in total. The van der Waals surface area contributed by atoms with Crippen LogP contribution >= 0.6 is 12.4 Å². The Hall–Kier alpha value is -1.46.